The molecule has 0 bridgehead atoms. The molecule has 0 saturated carbocycles. The van der Waals surface area contributed by atoms with Crippen LogP contribution in [0.25, 0.3) is 11.5 Å². The molecule has 1 N–H and O–H groups in total. The van der Waals surface area contributed by atoms with E-state index < -0.39 is 5.97 Å². The molecular weight excluding hydrogens is 484 g/mol. The van der Waals surface area contributed by atoms with Crippen molar-refractivity contribution < 1.29 is 28.6 Å². The molecule has 0 amide bonds. The molecule has 0 fully saturated rings. The summed E-state index contributed by atoms with van der Waals surface area (Å²) in [7, 11) is 1.57. The van der Waals surface area contributed by atoms with Gasteiger partial charge in [-0.1, -0.05) is 59.8 Å². The van der Waals surface area contributed by atoms with Gasteiger partial charge in [-0.25, -0.2) is 4.98 Å². The van der Waals surface area contributed by atoms with Crippen molar-refractivity contribution in [1.29, 1.82) is 0 Å². The number of carbonyl (C=O) groups is 1. The molecule has 0 radical (unpaired) electrons. The molecule has 1 aromatic heterocycles. The topological polar surface area (TPSA) is 103 Å². The van der Waals surface area contributed by atoms with Crippen LogP contribution in [0.2, 0.25) is 0 Å². The van der Waals surface area contributed by atoms with Gasteiger partial charge in [0.05, 0.1) is 19.2 Å². The Morgan fingerprint density at radius 3 is 2.39 bits per heavy atom. The maximum Gasteiger partial charge on any atom is 0.303 e. The molecule has 3 aromatic carbocycles. The number of oxazole rings is 1. The van der Waals surface area contributed by atoms with Crippen molar-refractivity contribution >= 4 is 11.7 Å². The fourth-order valence-electron chi connectivity index (χ4n) is 3.92. The number of hydrogen-bond acceptors (Lipinski definition) is 7. The molecule has 8 nitrogen and oxygen atoms in total. The Morgan fingerprint density at radius 2 is 1.71 bits per heavy atom. The highest BCUT2D eigenvalue weighted by Gasteiger charge is 2.20. The Labute approximate surface area is 221 Å². The first kappa shape index (κ1) is 26.5. The monoisotopic (exact) mass is 514 g/mol. The van der Waals surface area contributed by atoms with Crippen LogP contribution in [0.5, 0.6) is 11.5 Å². The summed E-state index contributed by atoms with van der Waals surface area (Å²) in [5.41, 5.74) is 3.83. The predicted molar refractivity (Wildman–Crippen MR) is 143 cm³/mol. The molecule has 0 aliphatic heterocycles. The number of nitrogens with zero attached hydrogens (tertiary/aromatic N) is 2. The normalized spacial score (nSPS) is 12.1. The van der Waals surface area contributed by atoms with E-state index in [4.69, 9.17) is 23.8 Å². The number of aliphatic carboxylic acids is 1. The lowest BCUT2D eigenvalue weighted by Crippen LogP contribution is -2.07. The fourth-order valence-corrected chi connectivity index (χ4v) is 3.92. The number of methoxy groups -OCH3 is 1. The Kier molecular flexibility index (Phi) is 8.77. The number of carboxylic acids is 1. The van der Waals surface area contributed by atoms with Crippen molar-refractivity contribution in [2.45, 2.75) is 39.4 Å². The Balaban J connectivity index is 1.44. The van der Waals surface area contributed by atoms with Crippen LogP contribution in [0.1, 0.15) is 48.5 Å². The van der Waals surface area contributed by atoms with Crippen molar-refractivity contribution in [2.75, 3.05) is 7.11 Å². The number of aromatic nitrogens is 1. The molecule has 0 aliphatic rings. The van der Waals surface area contributed by atoms with E-state index in [2.05, 4.69) is 10.1 Å². The minimum atomic E-state index is -0.889. The third-order valence-electron chi connectivity index (χ3n) is 5.86. The molecule has 8 heteroatoms. The van der Waals surface area contributed by atoms with E-state index in [9.17, 15) is 4.79 Å². The third kappa shape index (κ3) is 6.79. The second-order valence-electron chi connectivity index (χ2n) is 8.64. The lowest BCUT2D eigenvalue weighted by atomic mass is 10.1. The van der Waals surface area contributed by atoms with Crippen molar-refractivity contribution in [3.63, 3.8) is 0 Å². The van der Waals surface area contributed by atoms with Gasteiger partial charge in [0, 0.05) is 12.0 Å². The van der Waals surface area contributed by atoms with E-state index in [-0.39, 0.29) is 25.6 Å². The smallest absolute Gasteiger partial charge is 0.303 e. The lowest BCUT2D eigenvalue weighted by molar-refractivity contribution is -0.136. The van der Waals surface area contributed by atoms with Gasteiger partial charge < -0.3 is 23.8 Å². The maximum atomic E-state index is 11.1. The standard InChI is InChI=1S/C30H30N2O6/c1-20(29-21(2)38-30(31-29)24-12-8-5-9-13-24)37-26-16-14-22(18-27(26)35-3)19-36-32-25(15-17-28(33)34)23-10-6-4-7-11-23/h4-14,16,18,20H,15,17,19H2,1-3H3,(H,33,34)/b32-25+. The summed E-state index contributed by atoms with van der Waals surface area (Å²) < 4.78 is 17.6. The van der Waals surface area contributed by atoms with Crippen molar-refractivity contribution in [2.24, 2.45) is 5.16 Å². The van der Waals surface area contributed by atoms with Gasteiger partial charge in [0.1, 0.15) is 24.2 Å². The van der Waals surface area contributed by atoms with Gasteiger partial charge in [0.25, 0.3) is 0 Å². The van der Waals surface area contributed by atoms with Gasteiger partial charge in [-0.2, -0.15) is 0 Å². The molecule has 38 heavy (non-hydrogen) atoms. The molecule has 0 spiro atoms. The van der Waals surface area contributed by atoms with E-state index >= 15 is 0 Å². The summed E-state index contributed by atoms with van der Waals surface area (Å²) in [4.78, 5) is 21.3. The lowest BCUT2D eigenvalue weighted by Gasteiger charge is -2.16. The predicted octanol–water partition coefficient (Wildman–Crippen LogP) is 6.58. The van der Waals surface area contributed by atoms with Gasteiger partial charge >= 0.3 is 5.97 Å². The third-order valence-corrected chi connectivity index (χ3v) is 5.86. The summed E-state index contributed by atoms with van der Waals surface area (Å²) >= 11 is 0. The van der Waals surface area contributed by atoms with Gasteiger partial charge in [-0.05, 0) is 49.2 Å². The van der Waals surface area contributed by atoms with E-state index in [0.717, 1.165) is 16.7 Å². The number of ether oxygens (including phenoxy) is 2. The van der Waals surface area contributed by atoms with Crippen LogP contribution < -0.4 is 9.47 Å². The van der Waals surface area contributed by atoms with Crippen LogP contribution in [0.4, 0.5) is 0 Å². The first-order valence-electron chi connectivity index (χ1n) is 12.3. The highest BCUT2D eigenvalue weighted by Crippen LogP contribution is 2.34. The highest BCUT2D eigenvalue weighted by molar-refractivity contribution is 6.01. The number of carboxylic acid groups (broad SMARTS) is 1. The number of hydrogen-bond donors (Lipinski definition) is 1. The van der Waals surface area contributed by atoms with Crippen molar-refractivity contribution in [3.8, 4) is 23.0 Å². The number of aryl methyl sites for hydroxylation is 1. The van der Waals surface area contributed by atoms with Crippen LogP contribution in [0.15, 0.2) is 88.4 Å². The second-order valence-corrected chi connectivity index (χ2v) is 8.64. The number of rotatable bonds is 12. The Bertz CT molecular complexity index is 1380. The van der Waals surface area contributed by atoms with Crippen LogP contribution in [-0.2, 0) is 16.2 Å². The van der Waals surface area contributed by atoms with Gasteiger partial charge in [0.2, 0.25) is 5.89 Å². The van der Waals surface area contributed by atoms with Crippen LogP contribution >= 0.6 is 0 Å². The number of oxime groups is 1. The zero-order valence-electron chi connectivity index (χ0n) is 21.6. The van der Waals surface area contributed by atoms with Crippen LogP contribution in [0, 0.1) is 6.92 Å². The van der Waals surface area contributed by atoms with E-state index in [0.29, 0.717) is 34.6 Å². The molecule has 1 unspecified atom stereocenters. The van der Waals surface area contributed by atoms with Crippen LogP contribution in [-0.4, -0.2) is 28.9 Å². The highest BCUT2D eigenvalue weighted by atomic mass is 16.6. The maximum absolute atomic E-state index is 11.1. The second kappa shape index (κ2) is 12.6. The zero-order chi connectivity index (χ0) is 26.9. The number of benzene rings is 3. The van der Waals surface area contributed by atoms with E-state index in [1.807, 2.05) is 92.7 Å². The summed E-state index contributed by atoms with van der Waals surface area (Å²) in [6.45, 7) is 3.96. The quantitative estimate of drug-likeness (QED) is 0.168. The zero-order valence-corrected chi connectivity index (χ0v) is 21.6. The molecule has 4 aromatic rings. The molecule has 1 heterocycles. The SMILES string of the molecule is COc1cc(CO/N=C(\CCC(=O)O)c2ccccc2)ccc1OC(C)c1nc(-c2ccccc2)oc1C. The Hall–Kier alpha value is -4.59. The minimum absolute atomic E-state index is 0.0348. The van der Waals surface area contributed by atoms with Crippen molar-refractivity contribution in [3.05, 3.63) is 101 Å². The summed E-state index contributed by atoms with van der Waals surface area (Å²) in [6.07, 6.45) is -0.146. The Morgan fingerprint density at radius 1 is 1.00 bits per heavy atom. The first-order valence-corrected chi connectivity index (χ1v) is 12.3. The molecule has 1 atom stereocenters. The largest absolute Gasteiger partial charge is 0.493 e. The summed E-state index contributed by atoms with van der Waals surface area (Å²) in [5.74, 6) is 1.45. The average molecular weight is 515 g/mol. The fraction of sp³-hybridized carbons (Fsp3) is 0.233. The molecule has 196 valence electrons. The molecule has 0 saturated heterocycles. The summed E-state index contributed by atoms with van der Waals surface area (Å²) in [6, 6.07) is 24.6. The van der Waals surface area contributed by atoms with E-state index in [1.54, 1.807) is 7.11 Å². The van der Waals surface area contributed by atoms with E-state index in [1.165, 1.54) is 0 Å². The van der Waals surface area contributed by atoms with Gasteiger partial charge in [0.15, 0.2) is 11.5 Å². The molecular formula is C30H30N2O6. The molecule has 4 rings (SSSR count). The average Bonchev–Trinajstić information content (AvgIpc) is 3.33. The first-order chi connectivity index (χ1) is 18.4. The minimum Gasteiger partial charge on any atom is -0.493 e. The van der Waals surface area contributed by atoms with Gasteiger partial charge in [-0.15, -0.1) is 0 Å². The molecule has 0 aliphatic carbocycles. The van der Waals surface area contributed by atoms with Crippen molar-refractivity contribution in [1.82, 2.24) is 4.98 Å². The van der Waals surface area contributed by atoms with Crippen LogP contribution in [0.3, 0.4) is 0 Å². The summed E-state index contributed by atoms with van der Waals surface area (Å²) in [5, 5.41) is 13.3. The van der Waals surface area contributed by atoms with Gasteiger partial charge in [-0.3, -0.25) is 4.79 Å².